The minimum atomic E-state index is -1.49. The van der Waals surface area contributed by atoms with E-state index in [1.807, 2.05) is 19.3 Å². The molecule has 5 rings (SSSR count). The number of aromatic hydroxyl groups is 1. The Balaban J connectivity index is 1.73. The maximum absolute atomic E-state index is 10.9. The molecule has 0 fully saturated rings. The molecule has 1 N–H and O–H groups in total. The Morgan fingerprint density at radius 2 is 1.41 bits per heavy atom. The molecule has 0 atom stereocenters. The quantitative estimate of drug-likeness (QED) is 0.223. The van der Waals surface area contributed by atoms with E-state index in [4.69, 9.17) is 9.97 Å². The molecule has 0 saturated carbocycles. The van der Waals surface area contributed by atoms with Crippen LogP contribution in [-0.2, 0) is 17.9 Å². The van der Waals surface area contributed by atoms with Gasteiger partial charge in [-0.1, -0.05) is 90.6 Å². The van der Waals surface area contributed by atoms with Gasteiger partial charge in [-0.15, -0.1) is 0 Å². The van der Waals surface area contributed by atoms with Gasteiger partial charge in [0.25, 0.3) is 0 Å². The Labute approximate surface area is 246 Å². The van der Waals surface area contributed by atoms with Crippen LogP contribution in [0.25, 0.3) is 44.8 Å². The molecule has 0 radical (unpaired) electrons. The molecule has 5 heteroatoms. The van der Waals surface area contributed by atoms with Crippen molar-refractivity contribution in [2.24, 2.45) is 7.05 Å². The third kappa shape index (κ3) is 5.60. The number of fused-ring (bicyclic) bond motifs is 1. The van der Waals surface area contributed by atoms with Crippen molar-refractivity contribution in [3.05, 3.63) is 84.1 Å². The third-order valence-corrected chi connectivity index (χ3v) is 10.1. The first-order valence-corrected chi connectivity index (χ1v) is 18.0. The standard InChI is InChI=1S/C36H43N3OSi/c1-35(2,3)25-14-15-32(40)29(21-25)34-38-33-28(12-11-13-31(33)39(34)7)23-18-24(20-26(19-23)36(4,5)6)30-22-27(16-17-37-30)41(8,9)10/h11-22,40H,1-10H3. The molecule has 0 unspecified atom stereocenters. The van der Waals surface area contributed by atoms with Gasteiger partial charge in [0.15, 0.2) is 0 Å². The summed E-state index contributed by atoms with van der Waals surface area (Å²) in [6, 6.07) is 23.5. The molecule has 0 saturated heterocycles. The second-order valence-electron chi connectivity index (χ2n) is 14.4. The van der Waals surface area contributed by atoms with E-state index in [1.54, 1.807) is 6.07 Å². The van der Waals surface area contributed by atoms with Crippen molar-refractivity contribution < 1.29 is 5.11 Å². The molecule has 41 heavy (non-hydrogen) atoms. The summed E-state index contributed by atoms with van der Waals surface area (Å²) in [6.07, 6.45) is 1.95. The normalized spacial score (nSPS) is 12.7. The van der Waals surface area contributed by atoms with Gasteiger partial charge in [-0.2, -0.15) is 0 Å². The van der Waals surface area contributed by atoms with Crippen LogP contribution in [0, 0.1) is 0 Å². The van der Waals surface area contributed by atoms with Crippen LogP contribution in [0.2, 0.25) is 19.6 Å². The lowest BCUT2D eigenvalue weighted by Crippen LogP contribution is -2.37. The topological polar surface area (TPSA) is 50.9 Å². The summed E-state index contributed by atoms with van der Waals surface area (Å²) < 4.78 is 2.09. The summed E-state index contributed by atoms with van der Waals surface area (Å²) in [4.78, 5) is 9.99. The number of imidazole rings is 1. The number of para-hydroxylation sites is 1. The van der Waals surface area contributed by atoms with Gasteiger partial charge < -0.3 is 9.67 Å². The van der Waals surface area contributed by atoms with Gasteiger partial charge in [0.1, 0.15) is 11.6 Å². The van der Waals surface area contributed by atoms with Gasteiger partial charge in [0.05, 0.1) is 30.4 Å². The maximum Gasteiger partial charge on any atom is 0.144 e. The van der Waals surface area contributed by atoms with Gasteiger partial charge in [0.2, 0.25) is 0 Å². The molecular weight excluding hydrogens is 519 g/mol. The van der Waals surface area contributed by atoms with E-state index in [0.29, 0.717) is 0 Å². The van der Waals surface area contributed by atoms with E-state index in [9.17, 15) is 5.11 Å². The maximum atomic E-state index is 10.9. The zero-order chi connectivity index (χ0) is 29.9. The van der Waals surface area contributed by atoms with Gasteiger partial charge in [-0.05, 0) is 70.0 Å². The predicted molar refractivity (Wildman–Crippen MR) is 177 cm³/mol. The van der Waals surface area contributed by atoms with Crippen LogP contribution in [0.3, 0.4) is 0 Å². The van der Waals surface area contributed by atoms with Crippen LogP contribution in [-0.4, -0.2) is 27.7 Å². The SMILES string of the molecule is Cn1c(-c2cc(C(C)(C)C)ccc2O)nc2c(-c3cc(-c4cc([Si](C)(C)C)ccn4)cc(C(C)(C)C)c3)cccc21. The highest BCUT2D eigenvalue weighted by Gasteiger charge is 2.23. The van der Waals surface area contributed by atoms with E-state index in [0.717, 1.165) is 50.4 Å². The molecule has 2 heterocycles. The molecule has 0 spiro atoms. The summed E-state index contributed by atoms with van der Waals surface area (Å²) in [5, 5.41) is 12.3. The fourth-order valence-electron chi connectivity index (χ4n) is 5.29. The van der Waals surface area contributed by atoms with Crippen molar-refractivity contribution >= 4 is 24.3 Å². The Kier molecular flexibility index (Phi) is 7.02. The number of rotatable bonds is 4. The Hall–Kier alpha value is -3.70. The van der Waals surface area contributed by atoms with Crippen LogP contribution in [0.15, 0.2) is 72.9 Å². The number of phenols is 1. The number of aryl methyl sites for hydroxylation is 1. The average molecular weight is 562 g/mol. The molecular formula is C36H43N3OSi. The first kappa shape index (κ1) is 28.8. The highest BCUT2D eigenvalue weighted by atomic mass is 28.3. The molecule has 0 bridgehead atoms. The van der Waals surface area contributed by atoms with E-state index >= 15 is 0 Å². The number of benzene rings is 3. The zero-order valence-corrected chi connectivity index (χ0v) is 27.2. The molecule has 4 nitrogen and oxygen atoms in total. The summed E-state index contributed by atoms with van der Waals surface area (Å²) in [6.45, 7) is 20.4. The molecule has 5 aromatic rings. The molecule has 212 valence electrons. The second kappa shape index (κ2) is 9.99. The summed E-state index contributed by atoms with van der Waals surface area (Å²) in [5.74, 6) is 0.996. The van der Waals surface area contributed by atoms with E-state index in [1.165, 1.54) is 10.8 Å². The first-order chi connectivity index (χ1) is 19.0. The van der Waals surface area contributed by atoms with Crippen molar-refractivity contribution in [2.45, 2.75) is 72.0 Å². The fourth-order valence-corrected chi connectivity index (χ4v) is 6.43. The lowest BCUT2D eigenvalue weighted by Gasteiger charge is -2.22. The number of hydrogen-bond acceptors (Lipinski definition) is 3. The highest BCUT2D eigenvalue weighted by Crippen LogP contribution is 2.39. The van der Waals surface area contributed by atoms with Crippen molar-refractivity contribution in [1.29, 1.82) is 0 Å². The largest absolute Gasteiger partial charge is 0.507 e. The van der Waals surface area contributed by atoms with Crippen molar-refractivity contribution in [3.8, 4) is 39.5 Å². The van der Waals surface area contributed by atoms with Crippen molar-refractivity contribution in [1.82, 2.24) is 14.5 Å². The zero-order valence-electron chi connectivity index (χ0n) is 26.2. The van der Waals surface area contributed by atoms with Crippen LogP contribution in [0.4, 0.5) is 0 Å². The van der Waals surface area contributed by atoms with Crippen LogP contribution in [0.1, 0.15) is 52.7 Å². The third-order valence-electron chi connectivity index (χ3n) is 8.05. The van der Waals surface area contributed by atoms with Crippen LogP contribution in [0.5, 0.6) is 5.75 Å². The van der Waals surface area contributed by atoms with Gasteiger partial charge in [-0.25, -0.2) is 4.98 Å². The lowest BCUT2D eigenvalue weighted by atomic mass is 9.83. The van der Waals surface area contributed by atoms with Gasteiger partial charge in [0, 0.05) is 24.4 Å². The number of hydrogen-bond donors (Lipinski definition) is 1. The second-order valence-corrected chi connectivity index (χ2v) is 19.5. The lowest BCUT2D eigenvalue weighted by molar-refractivity contribution is 0.475. The molecule has 2 aromatic heterocycles. The van der Waals surface area contributed by atoms with Crippen molar-refractivity contribution in [2.75, 3.05) is 0 Å². The monoisotopic (exact) mass is 561 g/mol. The number of phenolic OH excluding ortho intramolecular Hbond substituents is 1. The van der Waals surface area contributed by atoms with E-state index in [2.05, 4.69) is 120 Å². The molecule has 0 amide bonds. The highest BCUT2D eigenvalue weighted by molar-refractivity contribution is 6.88. The van der Waals surface area contributed by atoms with Crippen LogP contribution < -0.4 is 5.19 Å². The first-order valence-electron chi connectivity index (χ1n) is 14.5. The van der Waals surface area contributed by atoms with Gasteiger partial charge in [-0.3, -0.25) is 4.98 Å². The van der Waals surface area contributed by atoms with E-state index in [-0.39, 0.29) is 16.6 Å². The Morgan fingerprint density at radius 1 is 0.732 bits per heavy atom. The molecule has 3 aromatic carbocycles. The fraction of sp³-hybridized carbons (Fsp3) is 0.333. The molecule has 0 aliphatic rings. The minimum absolute atomic E-state index is 0.0382. The summed E-state index contributed by atoms with van der Waals surface area (Å²) >= 11 is 0. The molecule has 0 aliphatic carbocycles. The van der Waals surface area contributed by atoms with Crippen LogP contribution >= 0.6 is 0 Å². The summed E-state index contributed by atoms with van der Waals surface area (Å²) in [5.41, 5.74) is 9.37. The predicted octanol–water partition coefficient (Wildman–Crippen LogP) is 8.82. The van der Waals surface area contributed by atoms with E-state index < -0.39 is 8.07 Å². The average Bonchev–Trinajstić information content (AvgIpc) is 3.23. The smallest absolute Gasteiger partial charge is 0.144 e. The van der Waals surface area contributed by atoms with Gasteiger partial charge >= 0.3 is 0 Å². The number of nitrogens with zero attached hydrogens (tertiary/aromatic N) is 3. The number of aromatic nitrogens is 3. The summed E-state index contributed by atoms with van der Waals surface area (Å²) in [7, 11) is 0.537. The molecule has 0 aliphatic heterocycles. The minimum Gasteiger partial charge on any atom is -0.507 e. The van der Waals surface area contributed by atoms with Crippen molar-refractivity contribution in [3.63, 3.8) is 0 Å². The number of pyridine rings is 1. The Morgan fingerprint density at radius 3 is 2.07 bits per heavy atom. The Bertz CT molecular complexity index is 1760.